The molecular formula is C16H30O2. The fourth-order valence-corrected chi connectivity index (χ4v) is 2.97. The van der Waals surface area contributed by atoms with E-state index in [0.29, 0.717) is 11.8 Å². The van der Waals surface area contributed by atoms with Crippen molar-refractivity contribution in [2.45, 2.75) is 79.2 Å². The second kappa shape index (κ2) is 5.63. The van der Waals surface area contributed by atoms with Gasteiger partial charge in [-0.1, -0.05) is 27.7 Å². The molecule has 1 unspecified atom stereocenters. The SMILES string of the molecule is CC(C)CC(C)(C(=O)OC1(C)CCCC1)C(C)C. The van der Waals surface area contributed by atoms with E-state index >= 15 is 0 Å². The molecule has 0 saturated heterocycles. The van der Waals surface area contributed by atoms with Crippen molar-refractivity contribution >= 4 is 5.97 Å². The minimum atomic E-state index is -0.347. The lowest BCUT2D eigenvalue weighted by molar-refractivity contribution is -0.173. The zero-order valence-electron chi connectivity index (χ0n) is 13.0. The highest BCUT2D eigenvalue weighted by Gasteiger charge is 2.43. The summed E-state index contributed by atoms with van der Waals surface area (Å²) >= 11 is 0. The fourth-order valence-electron chi connectivity index (χ4n) is 2.97. The number of esters is 1. The lowest BCUT2D eigenvalue weighted by atomic mass is 9.73. The normalized spacial score (nSPS) is 22.2. The molecular weight excluding hydrogens is 224 g/mol. The molecule has 0 bridgehead atoms. The molecule has 1 fully saturated rings. The van der Waals surface area contributed by atoms with Crippen molar-refractivity contribution in [3.8, 4) is 0 Å². The van der Waals surface area contributed by atoms with Crippen LogP contribution < -0.4 is 0 Å². The van der Waals surface area contributed by atoms with E-state index in [-0.39, 0.29) is 17.0 Å². The van der Waals surface area contributed by atoms with E-state index in [4.69, 9.17) is 4.74 Å². The topological polar surface area (TPSA) is 26.3 Å². The maximum atomic E-state index is 12.6. The average molecular weight is 254 g/mol. The second-order valence-corrected chi connectivity index (χ2v) is 7.22. The van der Waals surface area contributed by atoms with Gasteiger partial charge in [0.05, 0.1) is 5.41 Å². The Morgan fingerprint density at radius 2 is 1.72 bits per heavy atom. The van der Waals surface area contributed by atoms with Crippen LogP contribution in [0.25, 0.3) is 0 Å². The van der Waals surface area contributed by atoms with Gasteiger partial charge in [-0.05, 0) is 57.8 Å². The van der Waals surface area contributed by atoms with Gasteiger partial charge in [0.15, 0.2) is 0 Å². The summed E-state index contributed by atoms with van der Waals surface area (Å²) in [5.74, 6) is 0.842. The quantitative estimate of drug-likeness (QED) is 0.672. The molecule has 0 heterocycles. The zero-order valence-corrected chi connectivity index (χ0v) is 13.0. The monoisotopic (exact) mass is 254 g/mol. The van der Waals surface area contributed by atoms with E-state index in [9.17, 15) is 4.79 Å². The fraction of sp³-hybridized carbons (Fsp3) is 0.938. The first-order valence-corrected chi connectivity index (χ1v) is 7.43. The maximum Gasteiger partial charge on any atom is 0.312 e. The summed E-state index contributed by atoms with van der Waals surface area (Å²) in [5.41, 5.74) is -0.552. The molecule has 106 valence electrons. The third kappa shape index (κ3) is 3.49. The van der Waals surface area contributed by atoms with Crippen LogP contribution in [0.4, 0.5) is 0 Å². The van der Waals surface area contributed by atoms with E-state index in [1.165, 1.54) is 12.8 Å². The van der Waals surface area contributed by atoms with Crippen LogP contribution >= 0.6 is 0 Å². The Balaban J connectivity index is 2.76. The van der Waals surface area contributed by atoms with E-state index in [2.05, 4.69) is 41.5 Å². The largest absolute Gasteiger partial charge is 0.459 e. The third-order valence-electron chi connectivity index (χ3n) is 4.57. The van der Waals surface area contributed by atoms with E-state index in [1.54, 1.807) is 0 Å². The summed E-state index contributed by atoms with van der Waals surface area (Å²) in [6.45, 7) is 12.8. The predicted molar refractivity (Wildman–Crippen MR) is 75.4 cm³/mol. The summed E-state index contributed by atoms with van der Waals surface area (Å²) in [6.07, 6.45) is 5.32. The number of hydrogen-bond donors (Lipinski definition) is 0. The van der Waals surface area contributed by atoms with E-state index in [1.807, 2.05) is 0 Å². The van der Waals surface area contributed by atoms with Gasteiger partial charge >= 0.3 is 5.97 Å². The van der Waals surface area contributed by atoms with E-state index < -0.39 is 0 Å². The molecule has 0 spiro atoms. The van der Waals surface area contributed by atoms with Crippen molar-refractivity contribution < 1.29 is 9.53 Å². The number of ether oxygens (including phenoxy) is 1. The summed E-state index contributed by atoms with van der Waals surface area (Å²) in [4.78, 5) is 12.6. The van der Waals surface area contributed by atoms with Gasteiger partial charge in [-0.3, -0.25) is 4.79 Å². The Labute approximate surface area is 112 Å². The van der Waals surface area contributed by atoms with Crippen LogP contribution in [0.15, 0.2) is 0 Å². The first kappa shape index (κ1) is 15.5. The van der Waals surface area contributed by atoms with Crippen molar-refractivity contribution in [1.82, 2.24) is 0 Å². The molecule has 0 aromatic heterocycles. The van der Waals surface area contributed by atoms with Crippen LogP contribution in [-0.2, 0) is 9.53 Å². The standard InChI is InChI=1S/C16H30O2/c1-12(2)11-16(6,13(3)4)14(17)18-15(5)9-7-8-10-15/h12-13H,7-11H2,1-6H3. The Morgan fingerprint density at radius 1 is 1.22 bits per heavy atom. The van der Waals surface area contributed by atoms with Crippen LogP contribution in [0.1, 0.15) is 73.6 Å². The highest BCUT2D eigenvalue weighted by Crippen LogP contribution is 2.40. The minimum absolute atomic E-state index is 0.00981. The Bertz CT molecular complexity index is 287. The number of carbonyl (C=O) groups excluding carboxylic acids is 1. The lowest BCUT2D eigenvalue weighted by Gasteiger charge is -2.36. The average Bonchev–Trinajstić information content (AvgIpc) is 2.63. The van der Waals surface area contributed by atoms with Crippen LogP contribution in [0.5, 0.6) is 0 Å². The molecule has 0 amide bonds. The Hall–Kier alpha value is -0.530. The first-order chi connectivity index (χ1) is 8.19. The van der Waals surface area contributed by atoms with Gasteiger partial charge in [-0.2, -0.15) is 0 Å². The Kier molecular flexibility index (Phi) is 4.85. The number of rotatable bonds is 5. The molecule has 1 saturated carbocycles. The molecule has 0 aromatic carbocycles. The molecule has 1 aliphatic carbocycles. The first-order valence-electron chi connectivity index (χ1n) is 7.43. The molecule has 18 heavy (non-hydrogen) atoms. The molecule has 1 aliphatic rings. The second-order valence-electron chi connectivity index (χ2n) is 7.22. The van der Waals surface area contributed by atoms with Crippen LogP contribution in [0.3, 0.4) is 0 Å². The molecule has 1 atom stereocenters. The number of carbonyl (C=O) groups is 1. The van der Waals surface area contributed by atoms with Crippen molar-refractivity contribution in [3.63, 3.8) is 0 Å². The molecule has 2 heteroatoms. The number of hydrogen-bond acceptors (Lipinski definition) is 2. The smallest absolute Gasteiger partial charge is 0.312 e. The van der Waals surface area contributed by atoms with Gasteiger partial charge in [0, 0.05) is 0 Å². The van der Waals surface area contributed by atoms with Crippen LogP contribution in [-0.4, -0.2) is 11.6 Å². The molecule has 0 N–H and O–H groups in total. The molecule has 1 rings (SSSR count). The van der Waals surface area contributed by atoms with Crippen LogP contribution in [0, 0.1) is 17.3 Å². The van der Waals surface area contributed by atoms with Crippen LogP contribution in [0.2, 0.25) is 0 Å². The van der Waals surface area contributed by atoms with Gasteiger partial charge in [0.25, 0.3) is 0 Å². The predicted octanol–water partition coefficient (Wildman–Crippen LogP) is 4.57. The molecule has 0 radical (unpaired) electrons. The van der Waals surface area contributed by atoms with Gasteiger partial charge in [0.1, 0.15) is 5.60 Å². The third-order valence-corrected chi connectivity index (χ3v) is 4.57. The van der Waals surface area contributed by atoms with Gasteiger partial charge in [0.2, 0.25) is 0 Å². The summed E-state index contributed by atoms with van der Waals surface area (Å²) < 4.78 is 5.89. The molecule has 0 aliphatic heterocycles. The van der Waals surface area contributed by atoms with Crippen molar-refractivity contribution in [2.75, 3.05) is 0 Å². The highest BCUT2D eigenvalue weighted by molar-refractivity contribution is 5.77. The summed E-state index contributed by atoms with van der Waals surface area (Å²) in [6, 6.07) is 0. The van der Waals surface area contributed by atoms with Crippen molar-refractivity contribution in [3.05, 3.63) is 0 Å². The summed E-state index contributed by atoms with van der Waals surface area (Å²) in [5, 5.41) is 0. The van der Waals surface area contributed by atoms with Crippen molar-refractivity contribution in [2.24, 2.45) is 17.3 Å². The van der Waals surface area contributed by atoms with E-state index in [0.717, 1.165) is 19.3 Å². The minimum Gasteiger partial charge on any atom is -0.459 e. The Morgan fingerprint density at radius 3 is 2.11 bits per heavy atom. The van der Waals surface area contributed by atoms with Gasteiger partial charge in [-0.25, -0.2) is 0 Å². The van der Waals surface area contributed by atoms with Gasteiger partial charge < -0.3 is 4.74 Å². The maximum absolute atomic E-state index is 12.6. The lowest BCUT2D eigenvalue weighted by Crippen LogP contribution is -2.41. The molecule has 2 nitrogen and oxygen atoms in total. The zero-order chi connectivity index (χ0) is 14.0. The summed E-state index contributed by atoms with van der Waals surface area (Å²) in [7, 11) is 0. The highest BCUT2D eigenvalue weighted by atomic mass is 16.6. The van der Waals surface area contributed by atoms with Gasteiger partial charge in [-0.15, -0.1) is 0 Å². The molecule has 0 aromatic rings. The van der Waals surface area contributed by atoms with Crippen molar-refractivity contribution in [1.29, 1.82) is 0 Å².